The molecule has 2 aromatic rings. The number of carbonyl (C=O) groups excluding carboxylic acids is 1. The Kier molecular flexibility index (Phi) is 4.99. The molecular formula is C17H23N7O. The topological polar surface area (TPSA) is 113 Å². The summed E-state index contributed by atoms with van der Waals surface area (Å²) >= 11 is 0. The molecule has 8 nitrogen and oxygen atoms in total. The lowest BCUT2D eigenvalue weighted by atomic mass is 10.2. The number of piperazine rings is 1. The van der Waals surface area contributed by atoms with Gasteiger partial charge in [-0.15, -0.1) is 0 Å². The standard InChI is InChI=1S/C17H23N7O/c1-12-14(18)15(19)22-17(21-12)24-9-7-23(8-10-24)11-20-16(25)13-5-3-2-4-6-13/h2-6H,7-11,18H2,1H3,(H,20,25)(H2,19,21,22). The number of nitrogens with zero attached hydrogens (tertiary/aromatic N) is 4. The summed E-state index contributed by atoms with van der Waals surface area (Å²) < 4.78 is 0. The Labute approximate surface area is 146 Å². The molecule has 1 saturated heterocycles. The monoisotopic (exact) mass is 341 g/mol. The predicted octanol–water partition coefficient (Wildman–Crippen LogP) is 0.459. The molecule has 3 rings (SSSR count). The van der Waals surface area contributed by atoms with E-state index in [2.05, 4.69) is 25.1 Å². The molecule has 0 saturated carbocycles. The summed E-state index contributed by atoms with van der Waals surface area (Å²) in [5, 5.41) is 2.95. The van der Waals surface area contributed by atoms with Gasteiger partial charge in [-0.25, -0.2) is 4.98 Å². The van der Waals surface area contributed by atoms with Crippen LogP contribution in [0, 0.1) is 6.92 Å². The lowest BCUT2D eigenvalue weighted by Gasteiger charge is -2.34. The zero-order valence-corrected chi connectivity index (χ0v) is 14.3. The van der Waals surface area contributed by atoms with Crippen LogP contribution in [0.1, 0.15) is 16.1 Å². The van der Waals surface area contributed by atoms with Gasteiger partial charge in [0.25, 0.3) is 5.91 Å². The molecule has 1 fully saturated rings. The molecule has 0 aliphatic carbocycles. The first kappa shape index (κ1) is 17.0. The van der Waals surface area contributed by atoms with Crippen molar-refractivity contribution in [3.8, 4) is 0 Å². The third-order valence-corrected chi connectivity index (χ3v) is 4.31. The van der Waals surface area contributed by atoms with Crippen molar-refractivity contribution in [3.63, 3.8) is 0 Å². The highest BCUT2D eigenvalue weighted by Crippen LogP contribution is 2.20. The van der Waals surface area contributed by atoms with Gasteiger partial charge in [0, 0.05) is 31.7 Å². The van der Waals surface area contributed by atoms with Crippen molar-refractivity contribution in [1.29, 1.82) is 0 Å². The summed E-state index contributed by atoms with van der Waals surface area (Å²) in [6.07, 6.45) is 0. The molecule has 0 spiro atoms. The van der Waals surface area contributed by atoms with Gasteiger partial charge in [-0.1, -0.05) is 18.2 Å². The lowest BCUT2D eigenvalue weighted by Crippen LogP contribution is -2.50. The second kappa shape index (κ2) is 7.35. The van der Waals surface area contributed by atoms with Crippen LogP contribution in [-0.4, -0.2) is 53.6 Å². The van der Waals surface area contributed by atoms with Gasteiger partial charge < -0.3 is 21.7 Å². The largest absolute Gasteiger partial charge is 0.394 e. The summed E-state index contributed by atoms with van der Waals surface area (Å²) in [4.78, 5) is 25.0. The predicted molar refractivity (Wildman–Crippen MR) is 98.2 cm³/mol. The Morgan fingerprint density at radius 1 is 1.12 bits per heavy atom. The number of aryl methyl sites for hydroxylation is 1. The van der Waals surface area contributed by atoms with Crippen molar-refractivity contribution in [2.75, 3.05) is 49.2 Å². The molecule has 2 heterocycles. The molecule has 1 aliphatic heterocycles. The van der Waals surface area contributed by atoms with E-state index < -0.39 is 0 Å². The minimum atomic E-state index is -0.0618. The van der Waals surface area contributed by atoms with Gasteiger partial charge in [-0.3, -0.25) is 9.69 Å². The van der Waals surface area contributed by atoms with Gasteiger partial charge in [-0.2, -0.15) is 4.98 Å². The number of hydrogen-bond acceptors (Lipinski definition) is 7. The van der Waals surface area contributed by atoms with E-state index in [4.69, 9.17) is 11.5 Å². The van der Waals surface area contributed by atoms with Crippen LogP contribution in [0.25, 0.3) is 0 Å². The van der Waals surface area contributed by atoms with Gasteiger partial charge in [0.1, 0.15) is 0 Å². The number of anilines is 3. The molecule has 1 aromatic heterocycles. The van der Waals surface area contributed by atoms with Gasteiger partial charge in [0.15, 0.2) is 5.82 Å². The van der Waals surface area contributed by atoms with Crippen LogP contribution in [0.15, 0.2) is 30.3 Å². The number of hydrogen-bond donors (Lipinski definition) is 3. The molecule has 0 unspecified atom stereocenters. The third kappa shape index (κ3) is 3.97. The SMILES string of the molecule is Cc1nc(N2CCN(CNC(=O)c3ccccc3)CC2)nc(N)c1N. The van der Waals surface area contributed by atoms with E-state index in [1.807, 2.05) is 25.1 Å². The summed E-state index contributed by atoms with van der Waals surface area (Å²) in [5.74, 6) is 0.866. The van der Waals surface area contributed by atoms with Crippen molar-refractivity contribution in [1.82, 2.24) is 20.2 Å². The maximum atomic E-state index is 12.1. The number of rotatable bonds is 4. The van der Waals surface area contributed by atoms with Crippen LogP contribution in [0.2, 0.25) is 0 Å². The Bertz CT molecular complexity index is 719. The zero-order chi connectivity index (χ0) is 17.8. The molecule has 0 bridgehead atoms. The molecule has 8 heteroatoms. The van der Waals surface area contributed by atoms with E-state index >= 15 is 0 Å². The van der Waals surface area contributed by atoms with Gasteiger partial charge in [0.05, 0.1) is 18.1 Å². The van der Waals surface area contributed by atoms with E-state index in [0.29, 0.717) is 35.4 Å². The van der Waals surface area contributed by atoms with E-state index in [0.717, 1.165) is 26.2 Å². The van der Waals surface area contributed by atoms with Crippen LogP contribution in [0.4, 0.5) is 17.5 Å². The minimum Gasteiger partial charge on any atom is -0.394 e. The maximum Gasteiger partial charge on any atom is 0.252 e. The average molecular weight is 341 g/mol. The van der Waals surface area contributed by atoms with E-state index in [1.54, 1.807) is 12.1 Å². The second-order valence-corrected chi connectivity index (χ2v) is 6.04. The van der Waals surface area contributed by atoms with Gasteiger partial charge >= 0.3 is 0 Å². The minimum absolute atomic E-state index is 0.0618. The van der Waals surface area contributed by atoms with Crippen molar-refractivity contribution < 1.29 is 4.79 Å². The van der Waals surface area contributed by atoms with Crippen LogP contribution in [0.3, 0.4) is 0 Å². The van der Waals surface area contributed by atoms with Gasteiger partial charge in [-0.05, 0) is 19.1 Å². The highest BCUT2D eigenvalue weighted by Gasteiger charge is 2.20. The van der Waals surface area contributed by atoms with E-state index in [-0.39, 0.29) is 5.91 Å². The average Bonchev–Trinajstić information content (AvgIpc) is 2.65. The molecule has 1 amide bonds. The van der Waals surface area contributed by atoms with Crippen molar-refractivity contribution >= 4 is 23.4 Å². The van der Waals surface area contributed by atoms with Crippen LogP contribution in [0.5, 0.6) is 0 Å². The number of nitrogen functional groups attached to an aromatic ring is 2. The Balaban J connectivity index is 1.51. The first-order valence-electron chi connectivity index (χ1n) is 8.24. The fourth-order valence-corrected chi connectivity index (χ4v) is 2.71. The third-order valence-electron chi connectivity index (χ3n) is 4.31. The van der Waals surface area contributed by atoms with Crippen LogP contribution < -0.4 is 21.7 Å². The molecule has 25 heavy (non-hydrogen) atoms. The first-order valence-corrected chi connectivity index (χ1v) is 8.24. The molecule has 132 valence electrons. The smallest absolute Gasteiger partial charge is 0.252 e. The van der Waals surface area contributed by atoms with E-state index in [9.17, 15) is 4.79 Å². The molecule has 0 radical (unpaired) electrons. The fraction of sp³-hybridized carbons (Fsp3) is 0.353. The second-order valence-electron chi connectivity index (χ2n) is 6.04. The summed E-state index contributed by atoms with van der Waals surface area (Å²) in [5.41, 5.74) is 13.4. The molecule has 1 aliphatic rings. The highest BCUT2D eigenvalue weighted by molar-refractivity contribution is 5.94. The maximum absolute atomic E-state index is 12.1. The number of nitrogens with two attached hydrogens (primary N) is 2. The Morgan fingerprint density at radius 2 is 1.80 bits per heavy atom. The first-order chi connectivity index (χ1) is 12.0. The quantitative estimate of drug-likeness (QED) is 0.740. The van der Waals surface area contributed by atoms with Crippen LogP contribution >= 0.6 is 0 Å². The molecule has 1 aromatic carbocycles. The van der Waals surface area contributed by atoms with E-state index in [1.165, 1.54) is 0 Å². The van der Waals surface area contributed by atoms with Crippen molar-refractivity contribution in [2.45, 2.75) is 6.92 Å². The van der Waals surface area contributed by atoms with Crippen LogP contribution in [-0.2, 0) is 0 Å². The highest BCUT2D eigenvalue weighted by atomic mass is 16.1. The van der Waals surface area contributed by atoms with Gasteiger partial charge in [0.2, 0.25) is 5.95 Å². The number of nitrogens with one attached hydrogen (secondary N) is 1. The number of aromatic nitrogens is 2. The zero-order valence-electron chi connectivity index (χ0n) is 14.3. The Morgan fingerprint density at radius 3 is 2.44 bits per heavy atom. The molecular weight excluding hydrogens is 318 g/mol. The summed E-state index contributed by atoms with van der Waals surface area (Å²) in [6, 6.07) is 9.21. The Hall–Kier alpha value is -2.87. The van der Waals surface area contributed by atoms with Crippen molar-refractivity contribution in [2.24, 2.45) is 0 Å². The summed E-state index contributed by atoms with van der Waals surface area (Å²) in [7, 11) is 0. The van der Waals surface area contributed by atoms with Crippen molar-refractivity contribution in [3.05, 3.63) is 41.6 Å². The summed E-state index contributed by atoms with van der Waals surface area (Å²) in [6.45, 7) is 5.50. The number of carbonyl (C=O) groups is 1. The molecule has 0 atom stereocenters. The fourth-order valence-electron chi connectivity index (χ4n) is 2.71. The number of amides is 1. The number of benzene rings is 1. The normalized spacial score (nSPS) is 15.2. The molecule has 5 N–H and O–H groups in total. The lowest BCUT2D eigenvalue weighted by molar-refractivity contribution is 0.0920.